The zero-order chi connectivity index (χ0) is 15.2. The van der Waals surface area contributed by atoms with Crippen molar-refractivity contribution >= 4 is 17.5 Å². The number of nitrogens with zero attached hydrogens (tertiary/aromatic N) is 3. The number of benzene rings is 1. The lowest BCUT2D eigenvalue weighted by molar-refractivity contribution is 0.517. The number of anilines is 3. The number of hydrogen-bond donors (Lipinski definition) is 1. The zero-order valence-corrected chi connectivity index (χ0v) is 12.4. The molecule has 5 heteroatoms. The van der Waals surface area contributed by atoms with Crippen LogP contribution in [0, 0.1) is 0 Å². The van der Waals surface area contributed by atoms with Crippen molar-refractivity contribution in [3.63, 3.8) is 0 Å². The SMILES string of the molecule is CCN(c1ccccc1)c1ccnc(NCc2ccco2)n1. The van der Waals surface area contributed by atoms with Gasteiger partial charge in [-0.3, -0.25) is 0 Å². The van der Waals surface area contributed by atoms with Gasteiger partial charge in [-0.2, -0.15) is 4.98 Å². The summed E-state index contributed by atoms with van der Waals surface area (Å²) in [7, 11) is 0. The van der Waals surface area contributed by atoms with Crippen molar-refractivity contribution < 1.29 is 4.42 Å². The number of aromatic nitrogens is 2. The first-order valence-electron chi connectivity index (χ1n) is 7.28. The summed E-state index contributed by atoms with van der Waals surface area (Å²) in [4.78, 5) is 11.0. The Balaban J connectivity index is 1.77. The second-order valence-electron chi connectivity index (χ2n) is 4.75. The van der Waals surface area contributed by atoms with Gasteiger partial charge >= 0.3 is 0 Å². The Morgan fingerprint density at radius 3 is 2.68 bits per heavy atom. The molecule has 112 valence electrons. The summed E-state index contributed by atoms with van der Waals surface area (Å²) in [5, 5.41) is 3.18. The highest BCUT2D eigenvalue weighted by Gasteiger charge is 2.09. The topological polar surface area (TPSA) is 54.2 Å². The molecule has 0 unspecified atom stereocenters. The minimum Gasteiger partial charge on any atom is -0.467 e. The molecular weight excluding hydrogens is 276 g/mol. The van der Waals surface area contributed by atoms with Gasteiger partial charge in [0.1, 0.15) is 11.6 Å². The molecule has 0 saturated carbocycles. The van der Waals surface area contributed by atoms with Crippen molar-refractivity contribution in [1.82, 2.24) is 9.97 Å². The van der Waals surface area contributed by atoms with E-state index in [0.717, 1.165) is 23.8 Å². The van der Waals surface area contributed by atoms with E-state index in [4.69, 9.17) is 4.42 Å². The summed E-state index contributed by atoms with van der Waals surface area (Å²) in [6.45, 7) is 3.50. The van der Waals surface area contributed by atoms with Gasteiger partial charge in [0, 0.05) is 18.4 Å². The third kappa shape index (κ3) is 3.25. The van der Waals surface area contributed by atoms with Gasteiger partial charge in [-0.1, -0.05) is 18.2 Å². The van der Waals surface area contributed by atoms with Gasteiger partial charge in [0.2, 0.25) is 5.95 Å². The zero-order valence-electron chi connectivity index (χ0n) is 12.4. The lowest BCUT2D eigenvalue weighted by atomic mass is 10.3. The van der Waals surface area contributed by atoms with Crippen LogP contribution in [0.15, 0.2) is 65.4 Å². The van der Waals surface area contributed by atoms with Crippen LogP contribution in [0.3, 0.4) is 0 Å². The fourth-order valence-corrected chi connectivity index (χ4v) is 2.25. The summed E-state index contributed by atoms with van der Waals surface area (Å²) in [5.74, 6) is 2.30. The lowest BCUT2D eigenvalue weighted by Gasteiger charge is -2.22. The summed E-state index contributed by atoms with van der Waals surface area (Å²) < 4.78 is 5.29. The number of rotatable bonds is 6. The van der Waals surface area contributed by atoms with E-state index in [9.17, 15) is 0 Å². The Labute approximate surface area is 129 Å². The number of hydrogen-bond acceptors (Lipinski definition) is 5. The Kier molecular flexibility index (Phi) is 4.34. The first kappa shape index (κ1) is 14.1. The molecule has 3 aromatic rings. The molecule has 0 fully saturated rings. The molecule has 0 spiro atoms. The average Bonchev–Trinajstić information content (AvgIpc) is 3.09. The quantitative estimate of drug-likeness (QED) is 0.748. The van der Waals surface area contributed by atoms with E-state index in [0.29, 0.717) is 12.5 Å². The van der Waals surface area contributed by atoms with Crippen LogP contribution in [0.1, 0.15) is 12.7 Å². The van der Waals surface area contributed by atoms with Crippen molar-refractivity contribution in [1.29, 1.82) is 0 Å². The Bertz CT molecular complexity index is 698. The first-order chi connectivity index (χ1) is 10.9. The molecular formula is C17H18N4O. The van der Waals surface area contributed by atoms with Crippen LogP contribution >= 0.6 is 0 Å². The molecule has 0 aliphatic rings. The largest absolute Gasteiger partial charge is 0.467 e. The molecule has 0 amide bonds. The second kappa shape index (κ2) is 6.76. The summed E-state index contributed by atoms with van der Waals surface area (Å²) in [6, 6.07) is 15.9. The highest BCUT2D eigenvalue weighted by molar-refractivity contribution is 5.60. The minimum absolute atomic E-state index is 0.563. The molecule has 0 atom stereocenters. The van der Waals surface area contributed by atoms with Gasteiger partial charge < -0.3 is 14.6 Å². The van der Waals surface area contributed by atoms with Gasteiger partial charge in [0.05, 0.1) is 12.8 Å². The Hall–Kier alpha value is -2.82. The smallest absolute Gasteiger partial charge is 0.224 e. The summed E-state index contributed by atoms with van der Waals surface area (Å²) in [6.07, 6.45) is 3.42. The highest BCUT2D eigenvalue weighted by atomic mass is 16.3. The van der Waals surface area contributed by atoms with Crippen LogP contribution < -0.4 is 10.2 Å². The maximum Gasteiger partial charge on any atom is 0.224 e. The standard InChI is InChI=1S/C17H18N4O/c1-2-21(14-7-4-3-5-8-14)16-10-11-18-17(20-16)19-13-15-9-6-12-22-15/h3-12H,2,13H2,1H3,(H,18,19,20). The van der Waals surface area contributed by atoms with Crippen molar-refractivity contribution in [2.75, 3.05) is 16.8 Å². The number of para-hydroxylation sites is 1. The maximum atomic E-state index is 5.29. The Morgan fingerprint density at radius 2 is 1.95 bits per heavy atom. The fourth-order valence-electron chi connectivity index (χ4n) is 2.25. The molecule has 0 saturated heterocycles. The van der Waals surface area contributed by atoms with Crippen molar-refractivity contribution in [2.45, 2.75) is 13.5 Å². The van der Waals surface area contributed by atoms with Gasteiger partial charge in [0.25, 0.3) is 0 Å². The molecule has 1 N–H and O–H groups in total. The molecule has 0 aliphatic heterocycles. The monoisotopic (exact) mass is 294 g/mol. The normalized spacial score (nSPS) is 10.4. The van der Waals surface area contributed by atoms with Crippen LogP contribution in [-0.2, 0) is 6.54 Å². The molecule has 0 aliphatic carbocycles. The molecule has 0 radical (unpaired) electrons. The average molecular weight is 294 g/mol. The van der Waals surface area contributed by atoms with Crippen LogP contribution in [0.25, 0.3) is 0 Å². The van der Waals surface area contributed by atoms with Crippen molar-refractivity contribution in [2.24, 2.45) is 0 Å². The van der Waals surface area contributed by atoms with Crippen molar-refractivity contribution in [3.8, 4) is 0 Å². The van der Waals surface area contributed by atoms with E-state index in [-0.39, 0.29) is 0 Å². The van der Waals surface area contributed by atoms with E-state index in [2.05, 4.69) is 39.2 Å². The number of nitrogens with one attached hydrogen (secondary N) is 1. The Morgan fingerprint density at radius 1 is 1.09 bits per heavy atom. The molecule has 2 aromatic heterocycles. The van der Waals surface area contributed by atoms with E-state index in [1.54, 1.807) is 12.5 Å². The number of furan rings is 1. The molecule has 0 bridgehead atoms. The molecule has 5 nitrogen and oxygen atoms in total. The van der Waals surface area contributed by atoms with Gasteiger partial charge in [-0.05, 0) is 37.3 Å². The van der Waals surface area contributed by atoms with E-state index in [1.165, 1.54) is 0 Å². The molecule has 22 heavy (non-hydrogen) atoms. The van der Waals surface area contributed by atoms with Crippen LogP contribution in [0.5, 0.6) is 0 Å². The summed E-state index contributed by atoms with van der Waals surface area (Å²) in [5.41, 5.74) is 1.11. The molecule has 1 aromatic carbocycles. The van der Waals surface area contributed by atoms with E-state index >= 15 is 0 Å². The molecule has 2 heterocycles. The predicted molar refractivity (Wildman–Crippen MR) is 87.2 cm³/mol. The third-order valence-corrected chi connectivity index (χ3v) is 3.30. The summed E-state index contributed by atoms with van der Waals surface area (Å²) >= 11 is 0. The van der Waals surface area contributed by atoms with E-state index < -0.39 is 0 Å². The first-order valence-corrected chi connectivity index (χ1v) is 7.28. The van der Waals surface area contributed by atoms with Gasteiger partial charge in [-0.15, -0.1) is 0 Å². The van der Waals surface area contributed by atoms with Gasteiger partial charge in [-0.25, -0.2) is 4.98 Å². The highest BCUT2D eigenvalue weighted by Crippen LogP contribution is 2.23. The fraction of sp³-hybridized carbons (Fsp3) is 0.176. The predicted octanol–water partition coefficient (Wildman–Crippen LogP) is 3.84. The maximum absolute atomic E-state index is 5.29. The van der Waals surface area contributed by atoms with Gasteiger partial charge in [0.15, 0.2) is 0 Å². The van der Waals surface area contributed by atoms with Crippen LogP contribution in [-0.4, -0.2) is 16.5 Å². The molecule has 3 rings (SSSR count). The van der Waals surface area contributed by atoms with Crippen LogP contribution in [0.2, 0.25) is 0 Å². The van der Waals surface area contributed by atoms with Crippen molar-refractivity contribution in [3.05, 3.63) is 66.8 Å². The minimum atomic E-state index is 0.563. The third-order valence-electron chi connectivity index (χ3n) is 3.30. The van der Waals surface area contributed by atoms with E-state index in [1.807, 2.05) is 36.4 Å². The lowest BCUT2D eigenvalue weighted by Crippen LogP contribution is -2.18. The second-order valence-corrected chi connectivity index (χ2v) is 4.75. The van der Waals surface area contributed by atoms with Crippen LogP contribution in [0.4, 0.5) is 17.5 Å².